The number of hydrogen-bond donors (Lipinski definition) is 11. The monoisotopic (exact) mass is 1460 g/mol. The number of carbonyl (C=O) groups excluding carboxylic acids is 12. The van der Waals surface area contributed by atoms with Gasteiger partial charge in [-0.1, -0.05) is 147 Å². The molecule has 104 heavy (non-hydrogen) atoms. The third-order valence-electron chi connectivity index (χ3n) is 19.3. The number of ether oxygens (including phenoxy) is 2. The highest BCUT2D eigenvalue weighted by Gasteiger charge is 2.47. The zero-order chi connectivity index (χ0) is 79.0. The number of nitrogens with zero attached hydrogens (tertiary/aromatic N) is 4. The third-order valence-corrected chi connectivity index (χ3v) is 19.3. The molecule has 1 fully saturated rings. The van der Waals surface area contributed by atoms with Crippen molar-refractivity contribution in [2.24, 2.45) is 47.3 Å². The maximum atomic E-state index is 15.5. The predicted octanol–water partition coefficient (Wildman–Crippen LogP) is 2.71. The van der Waals surface area contributed by atoms with Crippen LogP contribution in [0.2, 0.25) is 0 Å². The van der Waals surface area contributed by atoms with Crippen LogP contribution in [0.4, 0.5) is 0 Å². The van der Waals surface area contributed by atoms with Crippen molar-refractivity contribution in [1.82, 2.24) is 67.1 Å². The molecule has 11 amide bonds. The first-order valence-electron chi connectivity index (χ1n) is 36.1. The van der Waals surface area contributed by atoms with Crippen molar-refractivity contribution in [1.29, 1.82) is 0 Å². The molecule has 29 heteroatoms. The van der Waals surface area contributed by atoms with Gasteiger partial charge in [-0.2, -0.15) is 0 Å². The number of aliphatic hydroxyl groups excluding tert-OH is 2. The molecule has 0 radical (unpaired) electrons. The second kappa shape index (κ2) is 38.9. The van der Waals surface area contributed by atoms with Crippen molar-refractivity contribution in [3.63, 3.8) is 0 Å². The first kappa shape index (κ1) is 87.7. The highest BCUT2D eigenvalue weighted by molar-refractivity contribution is 6.01. The summed E-state index contributed by atoms with van der Waals surface area (Å²) in [6.07, 6.45) is -3.76. The number of likely N-dealkylation sites (N-methyl/N-ethyl adjacent to an activating group) is 5. The number of cyclic esters (lactones) is 1. The van der Waals surface area contributed by atoms with Gasteiger partial charge in [-0.25, -0.2) is 4.79 Å². The lowest BCUT2D eigenvalue weighted by molar-refractivity contribution is -0.160. The summed E-state index contributed by atoms with van der Waals surface area (Å²) in [6.45, 7) is 29.3. The van der Waals surface area contributed by atoms with Crippen LogP contribution < -0.4 is 47.3 Å². The van der Waals surface area contributed by atoms with Crippen LogP contribution >= 0.6 is 0 Å². The summed E-state index contributed by atoms with van der Waals surface area (Å²) in [7, 11) is 8.36. The Kier molecular flexibility index (Phi) is 32.8. The van der Waals surface area contributed by atoms with E-state index in [9.17, 15) is 29.4 Å². The fourth-order valence-corrected chi connectivity index (χ4v) is 13.0. The molecule has 0 aliphatic carbocycles. The van der Waals surface area contributed by atoms with Crippen molar-refractivity contribution in [3.8, 4) is 5.75 Å². The van der Waals surface area contributed by atoms with Crippen molar-refractivity contribution < 1.29 is 77.2 Å². The van der Waals surface area contributed by atoms with E-state index in [1.807, 2.05) is 13.8 Å². The number of aromatic amines is 1. The molecule has 1 aliphatic rings. The molecule has 0 spiro atoms. The minimum atomic E-state index is -1.94. The van der Waals surface area contributed by atoms with Crippen LogP contribution in [0.1, 0.15) is 148 Å². The maximum Gasteiger partial charge on any atom is 0.329 e. The second-order valence-corrected chi connectivity index (χ2v) is 30.4. The number of fused-ring (bicyclic) bond motifs is 1. The molecule has 29 nitrogen and oxygen atoms in total. The Bertz CT molecular complexity index is 3470. The van der Waals surface area contributed by atoms with E-state index in [0.29, 0.717) is 22.2 Å². The highest BCUT2D eigenvalue weighted by atomic mass is 16.5. The molecule has 1 aliphatic heterocycles. The molecule has 2 aromatic carbocycles. The fraction of sp³-hybridized carbons (Fsp3) is 0.653. The quantitative estimate of drug-likeness (QED) is 0.0725. The molecule has 0 saturated carbocycles. The molecule has 15 atom stereocenters. The largest absolute Gasteiger partial charge is 0.496 e. The minimum absolute atomic E-state index is 0.0454. The smallest absolute Gasteiger partial charge is 0.329 e. The summed E-state index contributed by atoms with van der Waals surface area (Å²) in [5, 5.41) is 46.4. The highest BCUT2D eigenvalue weighted by Crippen LogP contribution is 2.31. The van der Waals surface area contributed by atoms with Gasteiger partial charge < -0.3 is 86.8 Å². The Morgan fingerprint density at radius 1 is 0.529 bits per heavy atom. The summed E-state index contributed by atoms with van der Waals surface area (Å²) in [4.78, 5) is 188. The third kappa shape index (κ3) is 21.9. The first-order chi connectivity index (χ1) is 48.5. The summed E-state index contributed by atoms with van der Waals surface area (Å²) in [5.74, 6) is -15.1. The number of carbonyl (C=O) groups is 12. The first-order valence-corrected chi connectivity index (χ1v) is 36.1. The zero-order valence-electron chi connectivity index (χ0n) is 65.3. The van der Waals surface area contributed by atoms with Gasteiger partial charge >= 0.3 is 5.97 Å². The predicted molar refractivity (Wildman–Crippen MR) is 393 cm³/mol. The Hall–Kier alpha value is -8.70. The fourth-order valence-electron chi connectivity index (χ4n) is 13.0. The second-order valence-electron chi connectivity index (χ2n) is 30.4. The summed E-state index contributed by atoms with van der Waals surface area (Å²) >= 11 is 0. The molecule has 3 aromatic rings. The number of hydrogen-bond acceptors (Lipinski definition) is 17. The average molecular weight is 1460 g/mol. The van der Waals surface area contributed by atoms with E-state index in [1.165, 1.54) is 64.0 Å². The molecule has 2 heterocycles. The number of H-pyrrole nitrogens is 1. The van der Waals surface area contributed by atoms with Crippen molar-refractivity contribution in [2.75, 3.05) is 42.3 Å². The van der Waals surface area contributed by atoms with Crippen LogP contribution in [0.15, 0.2) is 54.7 Å². The van der Waals surface area contributed by atoms with Gasteiger partial charge in [-0.3, -0.25) is 52.7 Å². The average Bonchev–Trinajstić information content (AvgIpc) is 1.52. The number of aliphatic hydroxyl groups is 2. The lowest BCUT2D eigenvalue weighted by Gasteiger charge is -2.39. The summed E-state index contributed by atoms with van der Waals surface area (Å²) in [5.41, 5.74) is 1.30. The molecular formula is C75H119N13O16. The Labute approximate surface area is 613 Å². The minimum Gasteiger partial charge on any atom is -0.496 e. The molecule has 0 bridgehead atoms. The molecule has 1 unspecified atom stereocenters. The Morgan fingerprint density at radius 2 is 1.01 bits per heavy atom. The van der Waals surface area contributed by atoms with E-state index < -0.39 is 197 Å². The van der Waals surface area contributed by atoms with Gasteiger partial charge in [0.1, 0.15) is 84.4 Å². The van der Waals surface area contributed by atoms with E-state index in [-0.39, 0.29) is 30.2 Å². The van der Waals surface area contributed by atoms with E-state index in [2.05, 4.69) is 47.5 Å². The standard InChI is InChI=1S/C75H119N13O16/c1-36(2)33-49-64(91)80-57(41(11)12)72(99)87(22)61(43(15)16)74(101)86(21)50(34-47-35-77-48-31-28-32-51(103-24)52(47)48)65(92)78-54(38(5)6)68(95)84-60(63(90)46-29-26-25-27-30-46)69(96)82-58(42(13)14)75(102)104-45(18)59(83-67(94)55(39(7)8)79-66(93)53(76-19)37(3)4)73(100)88(23)62(44(17)89)70(97)81-56(40(9)10)71(98)85(49)20/h25-32,35-45,49-50,53-63,76-77,89-90H,33-34H2,1-24H3,(H,78,92)(H,79,93)(H,80,91)(H,81,97)(H,82,96)(H,83,94)(H,84,95)/t44-,45-,49+,50+,53+,54+,55+,56+,57+,58+,59+,60?,61+,62+,63-/m1/s1. The van der Waals surface area contributed by atoms with Crippen molar-refractivity contribution >= 4 is 81.9 Å². The van der Waals surface area contributed by atoms with Gasteiger partial charge in [-0.15, -0.1) is 0 Å². The van der Waals surface area contributed by atoms with E-state index >= 15 is 38.4 Å². The summed E-state index contributed by atoms with van der Waals surface area (Å²) in [6, 6.07) is -4.75. The van der Waals surface area contributed by atoms with Gasteiger partial charge in [0, 0.05) is 51.7 Å². The lowest BCUT2D eigenvalue weighted by Crippen LogP contribution is -2.65. The number of methoxy groups -OCH3 is 1. The number of esters is 1. The number of benzene rings is 2. The normalized spacial score (nSPS) is 24.9. The van der Waals surface area contributed by atoms with Crippen LogP contribution in [0.3, 0.4) is 0 Å². The molecule has 1 aromatic heterocycles. The Morgan fingerprint density at radius 3 is 1.51 bits per heavy atom. The number of amides is 11. The van der Waals surface area contributed by atoms with Gasteiger partial charge in [0.05, 0.1) is 19.3 Å². The molecule has 11 N–H and O–H groups in total. The molecule has 1 saturated heterocycles. The van der Waals surface area contributed by atoms with Crippen LogP contribution in [0, 0.1) is 47.3 Å². The van der Waals surface area contributed by atoms with E-state index in [0.717, 1.165) is 16.8 Å². The van der Waals surface area contributed by atoms with Gasteiger partial charge in [0.25, 0.3) is 0 Å². The topological polar surface area (TPSA) is 389 Å². The number of rotatable bonds is 20. The van der Waals surface area contributed by atoms with Crippen LogP contribution in [0.5, 0.6) is 5.75 Å². The van der Waals surface area contributed by atoms with Crippen molar-refractivity contribution in [3.05, 3.63) is 65.9 Å². The van der Waals surface area contributed by atoms with E-state index in [1.54, 1.807) is 147 Å². The molecule has 4 rings (SSSR count). The molecular weight excluding hydrogens is 1340 g/mol. The van der Waals surface area contributed by atoms with Crippen LogP contribution in [0.25, 0.3) is 10.9 Å². The van der Waals surface area contributed by atoms with Gasteiger partial charge in [0.15, 0.2) is 0 Å². The van der Waals surface area contributed by atoms with Gasteiger partial charge in [0.2, 0.25) is 65.0 Å². The number of aromatic nitrogens is 1. The zero-order valence-corrected chi connectivity index (χ0v) is 65.3. The van der Waals surface area contributed by atoms with Crippen molar-refractivity contribution in [2.45, 2.75) is 228 Å². The SMILES string of the molecule is CN[C@H](C(=O)N[C@H](C(=O)N[C@@H]1C(=O)N(C)[C@@H]([C@@H](C)O)C(=O)N[C@@H](C(C)C)C(=O)N(C)[C@@H](CC(C)C)C(=O)N[C@@H](C(C)C)C(=O)N(C)[C@@H](C(C)C)C(=O)N(C)[C@@H](Cc2c[nH]c3cccc(OC)c23)C(=O)N[C@@H](C(C)C)C(=O)NC([C@H](O)c2ccccc2)C(=O)N[C@@H](C(C)C)C(=O)O[C@@H]1C)C(C)C)C(C)C. The molecule has 580 valence electrons. The Balaban J connectivity index is 2.06. The van der Waals surface area contributed by atoms with E-state index in [4.69, 9.17) is 9.47 Å². The number of nitrogens with one attached hydrogen (secondary N) is 9. The van der Waals surface area contributed by atoms with Gasteiger partial charge in [-0.05, 0) is 97.9 Å². The lowest BCUT2D eigenvalue weighted by atomic mass is 9.94. The maximum absolute atomic E-state index is 15.5. The van der Waals surface area contributed by atoms with Crippen LogP contribution in [-0.4, -0.2) is 233 Å². The van der Waals surface area contributed by atoms with Crippen LogP contribution in [-0.2, 0) is 68.7 Å². The summed E-state index contributed by atoms with van der Waals surface area (Å²) < 4.78 is 11.8.